The molecule has 0 aliphatic heterocycles. The Bertz CT molecular complexity index is 494. The third-order valence-corrected chi connectivity index (χ3v) is 2.80. The maximum absolute atomic E-state index is 6.05. The van der Waals surface area contributed by atoms with Crippen LogP contribution in [-0.2, 0) is 6.54 Å². The monoisotopic (exact) mass is 255 g/mol. The number of hydrogen-bond donors (Lipinski definition) is 1. The number of benzene rings is 1. The summed E-state index contributed by atoms with van der Waals surface area (Å²) in [5, 5.41) is 4.41. The lowest BCUT2D eigenvalue weighted by molar-refractivity contribution is 0.772. The quantitative estimate of drug-likeness (QED) is 0.900. The second kappa shape index (κ2) is 4.76. The van der Waals surface area contributed by atoms with Gasteiger partial charge >= 0.3 is 0 Å². The van der Waals surface area contributed by atoms with Crippen LogP contribution >= 0.6 is 23.2 Å². The van der Waals surface area contributed by atoms with Crippen LogP contribution in [0, 0.1) is 0 Å². The van der Waals surface area contributed by atoms with E-state index < -0.39 is 0 Å². The summed E-state index contributed by atoms with van der Waals surface area (Å²) in [5.41, 5.74) is 0.759. The first-order valence-electron chi connectivity index (χ1n) is 4.94. The Morgan fingerprint density at radius 3 is 2.94 bits per heavy atom. The van der Waals surface area contributed by atoms with Crippen molar-refractivity contribution in [2.45, 2.75) is 13.5 Å². The number of nitrogens with one attached hydrogen (secondary N) is 1. The normalized spacial score (nSPS) is 10.4. The number of hydrogen-bond acceptors (Lipinski definition) is 2. The number of aryl methyl sites for hydroxylation is 1. The molecule has 0 bridgehead atoms. The van der Waals surface area contributed by atoms with Crippen LogP contribution in [0.3, 0.4) is 0 Å². The Labute approximate surface area is 104 Å². The predicted molar refractivity (Wildman–Crippen MR) is 67.6 cm³/mol. The van der Waals surface area contributed by atoms with Crippen molar-refractivity contribution in [1.29, 1.82) is 0 Å². The van der Waals surface area contributed by atoms with Crippen LogP contribution in [-0.4, -0.2) is 9.55 Å². The molecule has 0 aliphatic rings. The zero-order valence-electron chi connectivity index (χ0n) is 8.74. The number of rotatable bonds is 3. The molecule has 1 aromatic heterocycles. The van der Waals surface area contributed by atoms with Crippen molar-refractivity contribution < 1.29 is 0 Å². The molecule has 2 rings (SSSR count). The van der Waals surface area contributed by atoms with Gasteiger partial charge in [-0.05, 0) is 25.1 Å². The lowest BCUT2D eigenvalue weighted by atomic mass is 10.3. The van der Waals surface area contributed by atoms with E-state index in [-0.39, 0.29) is 0 Å². The topological polar surface area (TPSA) is 29.9 Å². The van der Waals surface area contributed by atoms with E-state index in [1.54, 1.807) is 24.4 Å². The van der Waals surface area contributed by atoms with E-state index in [0.29, 0.717) is 10.0 Å². The molecule has 0 atom stereocenters. The van der Waals surface area contributed by atoms with Gasteiger partial charge in [0.15, 0.2) is 0 Å². The lowest BCUT2D eigenvalue weighted by Gasteiger charge is -2.09. The number of aromatic nitrogens is 2. The molecule has 0 unspecified atom stereocenters. The van der Waals surface area contributed by atoms with Crippen LogP contribution in [0.1, 0.15) is 6.92 Å². The van der Waals surface area contributed by atoms with Crippen LogP contribution in [0.5, 0.6) is 0 Å². The SMILES string of the molecule is CCn1ccnc1Nc1cc(Cl)ccc1Cl. The Morgan fingerprint density at radius 1 is 1.38 bits per heavy atom. The molecule has 5 heteroatoms. The highest BCUT2D eigenvalue weighted by molar-refractivity contribution is 6.35. The fourth-order valence-electron chi connectivity index (χ4n) is 1.40. The van der Waals surface area contributed by atoms with E-state index in [1.807, 2.05) is 17.7 Å². The average Bonchev–Trinajstić information content (AvgIpc) is 2.71. The molecule has 1 N–H and O–H groups in total. The molecule has 1 aromatic carbocycles. The second-order valence-electron chi connectivity index (χ2n) is 3.29. The van der Waals surface area contributed by atoms with Crippen LogP contribution in [0.25, 0.3) is 0 Å². The smallest absolute Gasteiger partial charge is 0.207 e. The van der Waals surface area contributed by atoms with E-state index in [4.69, 9.17) is 23.2 Å². The van der Waals surface area contributed by atoms with Gasteiger partial charge in [-0.2, -0.15) is 0 Å². The highest BCUT2D eigenvalue weighted by Gasteiger charge is 2.05. The first-order valence-corrected chi connectivity index (χ1v) is 5.69. The van der Waals surface area contributed by atoms with Gasteiger partial charge in [0.05, 0.1) is 10.7 Å². The summed E-state index contributed by atoms with van der Waals surface area (Å²) in [4.78, 5) is 4.20. The van der Waals surface area contributed by atoms with E-state index in [2.05, 4.69) is 10.3 Å². The van der Waals surface area contributed by atoms with Crippen molar-refractivity contribution in [3.63, 3.8) is 0 Å². The summed E-state index contributed by atoms with van der Waals surface area (Å²) in [6.45, 7) is 2.90. The van der Waals surface area contributed by atoms with Gasteiger partial charge in [-0.25, -0.2) is 4.98 Å². The predicted octanol–water partition coefficient (Wildman–Crippen LogP) is 3.95. The number of nitrogens with zero attached hydrogens (tertiary/aromatic N) is 2. The third-order valence-electron chi connectivity index (χ3n) is 2.23. The van der Waals surface area contributed by atoms with Crippen LogP contribution in [0.4, 0.5) is 11.6 Å². The number of halogens is 2. The highest BCUT2D eigenvalue weighted by Crippen LogP contribution is 2.27. The summed E-state index contributed by atoms with van der Waals surface area (Å²) in [6.07, 6.45) is 3.64. The molecule has 84 valence electrons. The molecule has 0 saturated heterocycles. The molecule has 0 aliphatic carbocycles. The number of anilines is 2. The van der Waals surface area contributed by atoms with Gasteiger partial charge in [0.1, 0.15) is 0 Å². The molecule has 1 heterocycles. The molecule has 3 nitrogen and oxygen atoms in total. The van der Waals surface area contributed by atoms with Gasteiger partial charge in [0, 0.05) is 24.0 Å². The standard InChI is InChI=1S/C11H11Cl2N3/c1-2-16-6-5-14-11(16)15-10-7-8(12)3-4-9(10)13/h3-7H,2H2,1H3,(H,14,15). The maximum Gasteiger partial charge on any atom is 0.207 e. The first-order chi connectivity index (χ1) is 7.70. The largest absolute Gasteiger partial charge is 0.324 e. The van der Waals surface area contributed by atoms with Crippen LogP contribution in [0.2, 0.25) is 10.0 Å². The molecular weight excluding hydrogens is 245 g/mol. The first kappa shape index (κ1) is 11.3. The van der Waals surface area contributed by atoms with Gasteiger partial charge in [-0.1, -0.05) is 23.2 Å². The minimum Gasteiger partial charge on any atom is -0.324 e. The molecule has 0 radical (unpaired) electrons. The summed E-state index contributed by atoms with van der Waals surface area (Å²) in [5.74, 6) is 0.756. The average molecular weight is 256 g/mol. The van der Waals surface area contributed by atoms with E-state index in [9.17, 15) is 0 Å². The summed E-state index contributed by atoms with van der Waals surface area (Å²) < 4.78 is 1.98. The fourth-order valence-corrected chi connectivity index (χ4v) is 1.74. The van der Waals surface area contributed by atoms with Gasteiger partial charge < -0.3 is 9.88 Å². The maximum atomic E-state index is 6.05. The molecule has 0 saturated carbocycles. The minimum atomic E-state index is 0.620. The van der Waals surface area contributed by atoms with E-state index in [0.717, 1.165) is 18.2 Å². The molecule has 16 heavy (non-hydrogen) atoms. The minimum absolute atomic E-state index is 0.620. The van der Waals surface area contributed by atoms with Gasteiger partial charge in [-0.15, -0.1) is 0 Å². The third kappa shape index (κ3) is 2.31. The van der Waals surface area contributed by atoms with Crippen LogP contribution in [0.15, 0.2) is 30.6 Å². The zero-order chi connectivity index (χ0) is 11.5. The van der Waals surface area contributed by atoms with E-state index in [1.165, 1.54) is 0 Å². The molecule has 0 spiro atoms. The van der Waals surface area contributed by atoms with Gasteiger partial charge in [0.2, 0.25) is 5.95 Å². The summed E-state index contributed by atoms with van der Waals surface area (Å²) >= 11 is 12.0. The Morgan fingerprint density at radius 2 is 2.19 bits per heavy atom. The van der Waals surface area contributed by atoms with Crippen molar-refractivity contribution in [3.8, 4) is 0 Å². The number of imidazole rings is 1. The van der Waals surface area contributed by atoms with Gasteiger partial charge in [-0.3, -0.25) is 0 Å². The second-order valence-corrected chi connectivity index (χ2v) is 4.13. The molecular formula is C11H11Cl2N3. The summed E-state index contributed by atoms with van der Waals surface area (Å²) in [7, 11) is 0. The highest BCUT2D eigenvalue weighted by atomic mass is 35.5. The van der Waals surface area contributed by atoms with E-state index >= 15 is 0 Å². The molecule has 0 amide bonds. The van der Waals surface area contributed by atoms with Crippen molar-refractivity contribution in [1.82, 2.24) is 9.55 Å². The Balaban J connectivity index is 2.30. The zero-order valence-corrected chi connectivity index (χ0v) is 10.3. The Hall–Kier alpha value is -1.19. The lowest BCUT2D eigenvalue weighted by Crippen LogP contribution is -2.01. The van der Waals surface area contributed by atoms with Crippen molar-refractivity contribution in [2.24, 2.45) is 0 Å². The van der Waals surface area contributed by atoms with Crippen molar-refractivity contribution in [3.05, 3.63) is 40.6 Å². The summed E-state index contributed by atoms with van der Waals surface area (Å²) in [6, 6.07) is 5.28. The van der Waals surface area contributed by atoms with Crippen LogP contribution < -0.4 is 5.32 Å². The fraction of sp³-hybridized carbons (Fsp3) is 0.182. The van der Waals surface area contributed by atoms with Gasteiger partial charge in [0.25, 0.3) is 0 Å². The molecule has 2 aromatic rings. The molecule has 0 fully saturated rings. The van der Waals surface area contributed by atoms with Crippen molar-refractivity contribution >= 4 is 34.8 Å². The van der Waals surface area contributed by atoms with Crippen molar-refractivity contribution in [2.75, 3.05) is 5.32 Å². The Kier molecular flexibility index (Phi) is 3.36.